The average Bonchev–Trinajstić information content (AvgIpc) is 2.72. The SMILES string of the molecule is O=S1(=O)NC(O)=CN1c1ccc(Cc2cccc(F)c2)cc1O. The van der Waals surface area contributed by atoms with Gasteiger partial charge in [0, 0.05) is 0 Å². The maximum atomic E-state index is 13.2. The van der Waals surface area contributed by atoms with E-state index in [-0.39, 0.29) is 17.3 Å². The van der Waals surface area contributed by atoms with Gasteiger partial charge in [-0.25, -0.2) is 13.4 Å². The number of aliphatic hydroxyl groups is 1. The summed E-state index contributed by atoms with van der Waals surface area (Å²) in [4.78, 5) is 0. The molecule has 0 bridgehead atoms. The van der Waals surface area contributed by atoms with Gasteiger partial charge in [-0.05, 0) is 41.8 Å². The van der Waals surface area contributed by atoms with Crippen LogP contribution in [-0.2, 0) is 16.6 Å². The molecule has 1 aliphatic rings. The fourth-order valence-corrected chi connectivity index (χ4v) is 3.40. The molecule has 0 saturated carbocycles. The van der Waals surface area contributed by atoms with Crippen molar-refractivity contribution in [3.8, 4) is 5.75 Å². The molecule has 1 aliphatic heterocycles. The summed E-state index contributed by atoms with van der Waals surface area (Å²) < 4.78 is 39.4. The van der Waals surface area contributed by atoms with E-state index in [1.165, 1.54) is 24.3 Å². The topological polar surface area (TPSA) is 89.9 Å². The second-order valence-corrected chi connectivity index (χ2v) is 6.59. The highest BCUT2D eigenvalue weighted by atomic mass is 32.2. The van der Waals surface area contributed by atoms with Crippen molar-refractivity contribution in [3.63, 3.8) is 0 Å². The summed E-state index contributed by atoms with van der Waals surface area (Å²) in [5, 5.41) is 19.4. The number of aromatic hydroxyl groups is 1. The highest BCUT2D eigenvalue weighted by Gasteiger charge is 2.30. The van der Waals surface area contributed by atoms with Crippen LogP contribution in [0.25, 0.3) is 0 Å². The third-order valence-corrected chi connectivity index (χ3v) is 4.59. The third-order valence-electron chi connectivity index (χ3n) is 3.31. The first kappa shape index (κ1) is 15.2. The van der Waals surface area contributed by atoms with E-state index in [0.29, 0.717) is 12.0 Å². The maximum absolute atomic E-state index is 13.2. The molecule has 0 radical (unpaired) electrons. The molecule has 23 heavy (non-hydrogen) atoms. The third kappa shape index (κ3) is 3.07. The van der Waals surface area contributed by atoms with E-state index >= 15 is 0 Å². The fourth-order valence-electron chi connectivity index (χ4n) is 2.34. The monoisotopic (exact) mass is 336 g/mol. The van der Waals surface area contributed by atoms with Crippen LogP contribution in [0.2, 0.25) is 0 Å². The molecule has 120 valence electrons. The number of nitrogens with zero attached hydrogens (tertiary/aromatic N) is 1. The lowest BCUT2D eigenvalue weighted by molar-refractivity contribution is 0.392. The van der Waals surface area contributed by atoms with Gasteiger partial charge >= 0.3 is 10.2 Å². The standard InChI is InChI=1S/C15H13FN2O4S/c16-12-3-1-2-10(7-12)6-11-4-5-13(14(19)8-11)18-9-15(20)17-23(18,21)22/h1-5,7-9,17,19-20H,6H2. The van der Waals surface area contributed by atoms with Crippen LogP contribution in [0.3, 0.4) is 0 Å². The molecule has 3 N–H and O–H groups in total. The van der Waals surface area contributed by atoms with E-state index < -0.39 is 16.1 Å². The van der Waals surface area contributed by atoms with Gasteiger partial charge in [0.15, 0.2) is 0 Å². The van der Waals surface area contributed by atoms with E-state index in [9.17, 15) is 23.0 Å². The fraction of sp³-hybridized carbons (Fsp3) is 0.0667. The number of nitrogens with one attached hydrogen (secondary N) is 1. The van der Waals surface area contributed by atoms with Crippen LogP contribution in [0.15, 0.2) is 54.5 Å². The Hall–Kier alpha value is -2.74. The first-order chi connectivity index (χ1) is 10.8. The molecule has 0 fully saturated rings. The molecule has 0 amide bonds. The molecule has 8 heteroatoms. The minimum atomic E-state index is -3.96. The molecule has 0 aromatic heterocycles. The highest BCUT2D eigenvalue weighted by Crippen LogP contribution is 2.32. The molecule has 2 aromatic carbocycles. The number of rotatable bonds is 3. The van der Waals surface area contributed by atoms with Crippen LogP contribution in [0.5, 0.6) is 5.75 Å². The molecular formula is C15H13FN2O4S. The second kappa shape index (κ2) is 5.47. The molecule has 0 unspecified atom stereocenters. The number of anilines is 1. The lowest BCUT2D eigenvalue weighted by Crippen LogP contribution is -2.29. The number of phenols is 1. The Kier molecular flexibility index (Phi) is 3.61. The van der Waals surface area contributed by atoms with Crippen molar-refractivity contribution in [2.24, 2.45) is 0 Å². The van der Waals surface area contributed by atoms with Crippen LogP contribution in [-0.4, -0.2) is 18.6 Å². The smallest absolute Gasteiger partial charge is 0.330 e. The summed E-state index contributed by atoms with van der Waals surface area (Å²) in [6.07, 6.45) is 1.34. The number of halogens is 1. The molecule has 1 heterocycles. The lowest BCUT2D eigenvalue weighted by Gasteiger charge is -2.16. The van der Waals surface area contributed by atoms with Gasteiger partial charge in [0.2, 0.25) is 5.88 Å². The zero-order chi connectivity index (χ0) is 16.6. The Morgan fingerprint density at radius 2 is 1.83 bits per heavy atom. The van der Waals surface area contributed by atoms with Gasteiger partial charge in [-0.3, -0.25) is 0 Å². The van der Waals surface area contributed by atoms with E-state index in [1.807, 2.05) is 4.72 Å². The summed E-state index contributed by atoms with van der Waals surface area (Å²) in [5.74, 6) is -1.15. The van der Waals surface area contributed by atoms with Gasteiger partial charge < -0.3 is 10.2 Å². The largest absolute Gasteiger partial charge is 0.506 e. The molecule has 2 aromatic rings. The quantitative estimate of drug-likeness (QED) is 0.801. The van der Waals surface area contributed by atoms with Crippen molar-refractivity contribution in [1.29, 1.82) is 0 Å². The minimum absolute atomic E-state index is 0.00421. The molecule has 0 aliphatic carbocycles. The van der Waals surface area contributed by atoms with Gasteiger partial charge in [0.05, 0.1) is 6.20 Å². The van der Waals surface area contributed by atoms with E-state index in [4.69, 9.17) is 0 Å². The Balaban J connectivity index is 1.90. The van der Waals surface area contributed by atoms with Gasteiger partial charge in [-0.15, -0.1) is 0 Å². The number of aliphatic hydroxyl groups excluding tert-OH is 1. The van der Waals surface area contributed by atoms with Crippen LogP contribution < -0.4 is 9.03 Å². The minimum Gasteiger partial charge on any atom is -0.506 e. The molecular weight excluding hydrogens is 323 g/mol. The lowest BCUT2D eigenvalue weighted by atomic mass is 10.0. The number of benzene rings is 2. The first-order valence-electron chi connectivity index (χ1n) is 6.64. The summed E-state index contributed by atoms with van der Waals surface area (Å²) in [7, 11) is -3.96. The zero-order valence-electron chi connectivity index (χ0n) is 11.8. The predicted molar refractivity (Wildman–Crippen MR) is 82.6 cm³/mol. The van der Waals surface area contributed by atoms with Crippen LogP contribution in [0, 0.1) is 5.82 Å². The summed E-state index contributed by atoms with van der Waals surface area (Å²) in [6.45, 7) is 0. The maximum Gasteiger partial charge on any atom is 0.330 e. The van der Waals surface area contributed by atoms with Crippen LogP contribution in [0.1, 0.15) is 11.1 Å². The van der Waals surface area contributed by atoms with Crippen molar-refractivity contribution in [2.75, 3.05) is 4.31 Å². The Morgan fingerprint density at radius 3 is 2.43 bits per heavy atom. The summed E-state index contributed by atoms with van der Waals surface area (Å²) in [5.41, 5.74) is 1.42. The van der Waals surface area contributed by atoms with Gasteiger partial charge in [0.1, 0.15) is 17.3 Å². The van der Waals surface area contributed by atoms with E-state index in [2.05, 4.69) is 0 Å². The predicted octanol–water partition coefficient (Wildman–Crippen LogP) is 2.13. The first-order valence-corrected chi connectivity index (χ1v) is 8.08. The second-order valence-electron chi connectivity index (χ2n) is 5.05. The van der Waals surface area contributed by atoms with Crippen molar-refractivity contribution in [2.45, 2.75) is 6.42 Å². The Bertz CT molecular complexity index is 896. The molecule has 0 saturated heterocycles. The van der Waals surface area contributed by atoms with Gasteiger partial charge in [-0.1, -0.05) is 18.2 Å². The van der Waals surface area contributed by atoms with Crippen molar-refractivity contribution >= 4 is 15.9 Å². The normalized spacial score (nSPS) is 16.0. The van der Waals surface area contributed by atoms with Crippen molar-refractivity contribution in [3.05, 3.63) is 71.5 Å². The van der Waals surface area contributed by atoms with Crippen molar-refractivity contribution in [1.82, 2.24) is 4.72 Å². The molecule has 0 spiro atoms. The molecule has 0 atom stereocenters. The van der Waals surface area contributed by atoms with Crippen LogP contribution >= 0.6 is 0 Å². The average molecular weight is 336 g/mol. The van der Waals surface area contributed by atoms with E-state index in [0.717, 1.165) is 16.1 Å². The zero-order valence-corrected chi connectivity index (χ0v) is 12.6. The Morgan fingerprint density at radius 1 is 1.09 bits per heavy atom. The number of phenolic OH excluding ortho intramolecular Hbond substituents is 1. The van der Waals surface area contributed by atoms with Gasteiger partial charge in [0.25, 0.3) is 0 Å². The van der Waals surface area contributed by atoms with Gasteiger partial charge in [-0.2, -0.15) is 8.42 Å². The summed E-state index contributed by atoms with van der Waals surface area (Å²) in [6, 6.07) is 10.5. The molecule has 6 nitrogen and oxygen atoms in total. The van der Waals surface area contributed by atoms with Crippen LogP contribution in [0.4, 0.5) is 10.1 Å². The number of hydrogen-bond acceptors (Lipinski definition) is 4. The molecule has 3 rings (SSSR count). The Labute approximate surface area is 132 Å². The van der Waals surface area contributed by atoms with E-state index in [1.54, 1.807) is 18.2 Å². The highest BCUT2D eigenvalue weighted by molar-refractivity contribution is 7.91. The summed E-state index contributed by atoms with van der Waals surface area (Å²) >= 11 is 0. The number of hydrogen-bond donors (Lipinski definition) is 3. The van der Waals surface area contributed by atoms with Crippen molar-refractivity contribution < 1.29 is 23.0 Å².